The lowest BCUT2D eigenvalue weighted by molar-refractivity contribution is -0.113. The summed E-state index contributed by atoms with van der Waals surface area (Å²) in [6.07, 6.45) is 1.79. The first-order chi connectivity index (χ1) is 15.9. The van der Waals surface area contributed by atoms with E-state index in [1.807, 2.05) is 60.7 Å². The molecule has 1 aliphatic rings. The van der Waals surface area contributed by atoms with E-state index in [9.17, 15) is 4.79 Å². The molecule has 4 rings (SSSR count). The Kier molecular flexibility index (Phi) is 7.81. The SMILES string of the molecule is COc1cc(/C=C2/SC(=S)N(c3cccc(Br)c3)C2=O)cc(Br)c1OCc1ccccc1Cl. The summed E-state index contributed by atoms with van der Waals surface area (Å²) in [4.78, 5) is 15.1. The molecule has 3 aromatic rings. The Balaban J connectivity index is 1.59. The predicted molar refractivity (Wildman–Crippen MR) is 146 cm³/mol. The van der Waals surface area contributed by atoms with Crippen LogP contribution in [0, 0.1) is 0 Å². The molecule has 1 heterocycles. The van der Waals surface area contributed by atoms with Crippen LogP contribution in [0.4, 0.5) is 5.69 Å². The molecule has 1 fully saturated rings. The minimum absolute atomic E-state index is 0.169. The molecular formula is C24H16Br2ClNO3S2. The normalized spacial score (nSPS) is 14.8. The zero-order chi connectivity index (χ0) is 23.5. The fourth-order valence-corrected chi connectivity index (χ4v) is 5.64. The number of hydrogen-bond donors (Lipinski definition) is 0. The summed E-state index contributed by atoms with van der Waals surface area (Å²) in [6.45, 7) is 0.291. The molecule has 1 saturated heterocycles. The van der Waals surface area contributed by atoms with Crippen LogP contribution in [-0.2, 0) is 11.4 Å². The average molecular weight is 626 g/mol. The van der Waals surface area contributed by atoms with Crippen molar-refractivity contribution >= 4 is 89.4 Å². The van der Waals surface area contributed by atoms with E-state index in [4.69, 9.17) is 33.3 Å². The quantitative estimate of drug-likeness (QED) is 0.206. The number of nitrogens with zero attached hydrogens (tertiary/aromatic N) is 1. The van der Waals surface area contributed by atoms with Gasteiger partial charge in [-0.1, -0.05) is 75.8 Å². The Morgan fingerprint density at radius 1 is 1.12 bits per heavy atom. The first-order valence-corrected chi connectivity index (χ1v) is 12.8. The number of amides is 1. The van der Waals surface area contributed by atoms with Gasteiger partial charge in [-0.3, -0.25) is 9.69 Å². The van der Waals surface area contributed by atoms with Crippen molar-refractivity contribution in [3.63, 3.8) is 0 Å². The van der Waals surface area contributed by atoms with Crippen molar-refractivity contribution in [2.24, 2.45) is 0 Å². The zero-order valence-corrected chi connectivity index (χ0v) is 22.7. The zero-order valence-electron chi connectivity index (χ0n) is 17.2. The summed E-state index contributed by atoms with van der Waals surface area (Å²) in [6, 6.07) is 18.7. The molecular weight excluding hydrogens is 610 g/mol. The Labute approximate surface area is 223 Å². The lowest BCUT2D eigenvalue weighted by Gasteiger charge is -2.15. The molecule has 0 bridgehead atoms. The van der Waals surface area contributed by atoms with Crippen LogP contribution >= 0.6 is 67.4 Å². The molecule has 0 aliphatic carbocycles. The third-order valence-corrected chi connectivity index (χ3v) is 7.49. The third-order valence-electron chi connectivity index (χ3n) is 4.74. The lowest BCUT2D eigenvalue weighted by Crippen LogP contribution is -2.27. The van der Waals surface area contributed by atoms with Crippen LogP contribution in [0.5, 0.6) is 11.5 Å². The Bertz CT molecular complexity index is 1280. The summed E-state index contributed by atoms with van der Waals surface area (Å²) in [5, 5.41) is 0.636. The van der Waals surface area contributed by atoms with E-state index < -0.39 is 0 Å². The van der Waals surface area contributed by atoms with Gasteiger partial charge < -0.3 is 9.47 Å². The maximum Gasteiger partial charge on any atom is 0.270 e. The molecule has 0 radical (unpaired) electrons. The first kappa shape index (κ1) is 24.3. The smallest absolute Gasteiger partial charge is 0.270 e. The Hall–Kier alpha value is -1.84. The summed E-state index contributed by atoms with van der Waals surface area (Å²) in [5.41, 5.74) is 2.37. The number of benzene rings is 3. The predicted octanol–water partition coefficient (Wildman–Crippen LogP) is 7.86. The van der Waals surface area contributed by atoms with E-state index in [-0.39, 0.29) is 5.91 Å². The van der Waals surface area contributed by atoms with E-state index in [1.54, 1.807) is 13.2 Å². The van der Waals surface area contributed by atoms with Gasteiger partial charge in [-0.2, -0.15) is 0 Å². The summed E-state index contributed by atoms with van der Waals surface area (Å²) < 4.78 is 13.6. The van der Waals surface area contributed by atoms with Gasteiger partial charge in [-0.25, -0.2) is 0 Å². The molecule has 0 aromatic heterocycles. The number of rotatable bonds is 6. The second-order valence-electron chi connectivity index (χ2n) is 6.91. The Morgan fingerprint density at radius 3 is 2.64 bits per heavy atom. The van der Waals surface area contributed by atoms with Gasteiger partial charge in [-0.05, 0) is 64.0 Å². The topological polar surface area (TPSA) is 38.8 Å². The third kappa shape index (κ3) is 5.46. The molecule has 1 aliphatic heterocycles. The number of anilines is 1. The van der Waals surface area contributed by atoms with Gasteiger partial charge in [0, 0.05) is 15.1 Å². The molecule has 9 heteroatoms. The van der Waals surface area contributed by atoms with Crippen LogP contribution in [0.25, 0.3) is 6.08 Å². The molecule has 0 spiro atoms. The van der Waals surface area contributed by atoms with Crippen molar-refractivity contribution in [3.05, 3.63) is 90.7 Å². The van der Waals surface area contributed by atoms with E-state index in [0.29, 0.717) is 36.8 Å². The molecule has 168 valence electrons. The van der Waals surface area contributed by atoms with Crippen molar-refractivity contribution < 1.29 is 14.3 Å². The molecule has 4 nitrogen and oxygen atoms in total. The number of thiocarbonyl (C=S) groups is 1. The molecule has 33 heavy (non-hydrogen) atoms. The molecule has 0 N–H and O–H groups in total. The van der Waals surface area contributed by atoms with Gasteiger partial charge in [0.15, 0.2) is 15.8 Å². The maximum absolute atomic E-state index is 13.1. The molecule has 0 saturated carbocycles. The van der Waals surface area contributed by atoms with E-state index in [1.165, 1.54) is 16.7 Å². The standard InChI is InChI=1S/C24H16Br2ClNO3S2/c1-30-20-10-14(9-18(26)22(20)31-13-15-5-2-3-8-19(15)27)11-21-23(29)28(24(32)33-21)17-7-4-6-16(25)12-17/h2-12H,13H2,1H3/b21-11+. The van der Waals surface area contributed by atoms with Gasteiger partial charge in [0.25, 0.3) is 5.91 Å². The Morgan fingerprint density at radius 2 is 1.91 bits per heavy atom. The van der Waals surface area contributed by atoms with Crippen molar-refractivity contribution in [3.8, 4) is 11.5 Å². The fraction of sp³-hybridized carbons (Fsp3) is 0.0833. The lowest BCUT2D eigenvalue weighted by atomic mass is 10.1. The monoisotopic (exact) mass is 623 g/mol. The number of ether oxygens (including phenoxy) is 2. The molecule has 0 atom stereocenters. The van der Waals surface area contributed by atoms with Gasteiger partial charge in [-0.15, -0.1) is 0 Å². The van der Waals surface area contributed by atoms with Crippen LogP contribution < -0.4 is 14.4 Å². The number of halogens is 3. The van der Waals surface area contributed by atoms with Crippen molar-refractivity contribution in [2.45, 2.75) is 6.61 Å². The summed E-state index contributed by atoms with van der Waals surface area (Å²) >= 11 is 20.0. The minimum Gasteiger partial charge on any atom is -0.493 e. The van der Waals surface area contributed by atoms with Crippen LogP contribution in [0.2, 0.25) is 5.02 Å². The molecule has 1 amide bonds. The number of thioether (sulfide) groups is 1. The fourth-order valence-electron chi connectivity index (χ4n) is 3.19. The van der Waals surface area contributed by atoms with Gasteiger partial charge in [0.1, 0.15) is 6.61 Å². The van der Waals surface area contributed by atoms with Crippen LogP contribution in [0.3, 0.4) is 0 Å². The van der Waals surface area contributed by atoms with Gasteiger partial charge in [0.05, 0.1) is 22.2 Å². The second kappa shape index (κ2) is 10.6. The van der Waals surface area contributed by atoms with E-state index in [0.717, 1.165) is 21.3 Å². The van der Waals surface area contributed by atoms with Gasteiger partial charge in [0.2, 0.25) is 0 Å². The maximum atomic E-state index is 13.1. The number of carbonyl (C=O) groups excluding carboxylic acids is 1. The van der Waals surface area contributed by atoms with Crippen LogP contribution in [0.15, 0.2) is 74.5 Å². The van der Waals surface area contributed by atoms with Crippen molar-refractivity contribution in [1.29, 1.82) is 0 Å². The van der Waals surface area contributed by atoms with Crippen LogP contribution in [0.1, 0.15) is 11.1 Å². The van der Waals surface area contributed by atoms with Crippen molar-refractivity contribution in [2.75, 3.05) is 12.0 Å². The first-order valence-electron chi connectivity index (χ1n) is 9.64. The molecule has 0 unspecified atom stereocenters. The summed E-state index contributed by atoms with van der Waals surface area (Å²) in [5.74, 6) is 0.915. The summed E-state index contributed by atoms with van der Waals surface area (Å²) in [7, 11) is 1.57. The number of methoxy groups -OCH3 is 1. The largest absolute Gasteiger partial charge is 0.493 e. The van der Waals surface area contributed by atoms with Crippen LogP contribution in [-0.4, -0.2) is 17.3 Å². The average Bonchev–Trinajstić information content (AvgIpc) is 3.06. The van der Waals surface area contributed by atoms with Gasteiger partial charge >= 0.3 is 0 Å². The number of carbonyl (C=O) groups is 1. The highest BCUT2D eigenvalue weighted by molar-refractivity contribution is 9.10. The highest BCUT2D eigenvalue weighted by atomic mass is 79.9. The van der Waals surface area contributed by atoms with E-state index in [2.05, 4.69) is 31.9 Å². The van der Waals surface area contributed by atoms with Crippen molar-refractivity contribution in [1.82, 2.24) is 0 Å². The second-order valence-corrected chi connectivity index (χ2v) is 10.8. The van der Waals surface area contributed by atoms with E-state index >= 15 is 0 Å². The highest BCUT2D eigenvalue weighted by Gasteiger charge is 2.33. The minimum atomic E-state index is -0.169. The number of hydrogen-bond acceptors (Lipinski definition) is 5. The highest BCUT2D eigenvalue weighted by Crippen LogP contribution is 2.41. The molecule has 3 aromatic carbocycles.